The molecule has 124 valence electrons. The van der Waals surface area contributed by atoms with Crippen molar-refractivity contribution in [2.24, 2.45) is 10.9 Å². The number of guanidine groups is 1. The van der Waals surface area contributed by atoms with E-state index in [1.807, 2.05) is 0 Å². The molecule has 4 nitrogen and oxygen atoms in total. The van der Waals surface area contributed by atoms with E-state index in [-0.39, 0.29) is 0 Å². The third-order valence-electron chi connectivity index (χ3n) is 4.50. The maximum atomic E-state index is 4.67. The molecule has 1 aromatic carbocycles. The second-order valence-corrected chi connectivity index (χ2v) is 6.35. The fourth-order valence-electron chi connectivity index (χ4n) is 2.95. The SMILES string of the molecule is CCNC(=NCC1CC1)NCCc1c[nH]c2c(CC)cccc12. The molecule has 0 bridgehead atoms. The molecule has 23 heavy (non-hydrogen) atoms. The molecule has 4 heteroatoms. The number of aromatic amines is 1. The molecule has 1 aliphatic carbocycles. The van der Waals surface area contributed by atoms with Crippen LogP contribution in [-0.4, -0.2) is 30.6 Å². The summed E-state index contributed by atoms with van der Waals surface area (Å²) in [5, 5.41) is 8.15. The van der Waals surface area contributed by atoms with E-state index < -0.39 is 0 Å². The first-order valence-corrected chi connectivity index (χ1v) is 8.91. The molecule has 2 aromatic rings. The molecule has 3 rings (SSSR count). The highest BCUT2D eigenvalue weighted by atomic mass is 15.2. The highest BCUT2D eigenvalue weighted by molar-refractivity contribution is 5.86. The Morgan fingerprint density at radius 1 is 1.22 bits per heavy atom. The predicted molar refractivity (Wildman–Crippen MR) is 98.1 cm³/mol. The first kappa shape index (κ1) is 15.9. The van der Waals surface area contributed by atoms with Crippen LogP contribution < -0.4 is 10.6 Å². The summed E-state index contributed by atoms with van der Waals surface area (Å²) in [6.07, 6.45) is 6.91. The number of hydrogen-bond donors (Lipinski definition) is 3. The zero-order chi connectivity index (χ0) is 16.1. The summed E-state index contributed by atoms with van der Waals surface area (Å²) in [7, 11) is 0. The fourth-order valence-corrected chi connectivity index (χ4v) is 2.95. The minimum Gasteiger partial charge on any atom is -0.361 e. The van der Waals surface area contributed by atoms with E-state index in [1.165, 1.54) is 34.9 Å². The number of aryl methyl sites for hydroxylation is 1. The van der Waals surface area contributed by atoms with E-state index in [0.29, 0.717) is 0 Å². The summed E-state index contributed by atoms with van der Waals surface area (Å²) in [4.78, 5) is 8.12. The quantitative estimate of drug-likeness (QED) is 0.543. The van der Waals surface area contributed by atoms with Gasteiger partial charge >= 0.3 is 0 Å². The van der Waals surface area contributed by atoms with Gasteiger partial charge in [0, 0.05) is 36.7 Å². The smallest absolute Gasteiger partial charge is 0.191 e. The van der Waals surface area contributed by atoms with Gasteiger partial charge in [-0.05, 0) is 49.7 Å². The van der Waals surface area contributed by atoms with Crippen LogP contribution in [0.5, 0.6) is 0 Å². The highest BCUT2D eigenvalue weighted by Gasteiger charge is 2.20. The second-order valence-electron chi connectivity index (χ2n) is 6.35. The van der Waals surface area contributed by atoms with Gasteiger partial charge in [0.05, 0.1) is 0 Å². The van der Waals surface area contributed by atoms with Crippen molar-refractivity contribution in [3.8, 4) is 0 Å². The van der Waals surface area contributed by atoms with Crippen molar-refractivity contribution in [3.63, 3.8) is 0 Å². The van der Waals surface area contributed by atoms with Crippen molar-refractivity contribution < 1.29 is 0 Å². The maximum absolute atomic E-state index is 4.67. The average molecular weight is 312 g/mol. The van der Waals surface area contributed by atoms with Crippen LogP contribution in [0.3, 0.4) is 0 Å². The lowest BCUT2D eigenvalue weighted by Crippen LogP contribution is -2.38. The largest absolute Gasteiger partial charge is 0.361 e. The van der Waals surface area contributed by atoms with Crippen LogP contribution in [0.4, 0.5) is 0 Å². The van der Waals surface area contributed by atoms with Gasteiger partial charge in [-0.15, -0.1) is 0 Å². The predicted octanol–water partition coefficient (Wildman–Crippen LogP) is 3.24. The van der Waals surface area contributed by atoms with Crippen LogP contribution in [0.25, 0.3) is 10.9 Å². The molecular formula is C19H28N4. The summed E-state index contributed by atoms with van der Waals surface area (Å²) in [5.41, 5.74) is 4.06. The minimum atomic E-state index is 0.825. The number of H-pyrrole nitrogens is 1. The Labute approximate surface area is 138 Å². The maximum Gasteiger partial charge on any atom is 0.191 e. The molecule has 0 atom stereocenters. The lowest BCUT2D eigenvalue weighted by atomic mass is 10.1. The number of rotatable bonds is 7. The van der Waals surface area contributed by atoms with Crippen molar-refractivity contribution in [1.82, 2.24) is 15.6 Å². The average Bonchev–Trinajstić information content (AvgIpc) is 3.31. The molecule has 1 heterocycles. The van der Waals surface area contributed by atoms with Gasteiger partial charge in [0.25, 0.3) is 0 Å². The second kappa shape index (κ2) is 7.53. The summed E-state index contributed by atoms with van der Waals surface area (Å²) in [5.74, 6) is 1.78. The zero-order valence-corrected chi connectivity index (χ0v) is 14.3. The van der Waals surface area contributed by atoms with Crippen LogP contribution in [0.1, 0.15) is 37.8 Å². The van der Waals surface area contributed by atoms with Gasteiger partial charge in [0.1, 0.15) is 0 Å². The van der Waals surface area contributed by atoms with Gasteiger partial charge in [0.2, 0.25) is 0 Å². The molecule has 0 aliphatic heterocycles. The van der Waals surface area contributed by atoms with Gasteiger partial charge in [-0.1, -0.05) is 25.1 Å². The van der Waals surface area contributed by atoms with Gasteiger partial charge < -0.3 is 15.6 Å². The first-order chi connectivity index (χ1) is 11.3. The van der Waals surface area contributed by atoms with Gasteiger partial charge in [-0.2, -0.15) is 0 Å². The van der Waals surface area contributed by atoms with Gasteiger partial charge in [-0.25, -0.2) is 0 Å². The molecule has 1 saturated carbocycles. The molecule has 3 N–H and O–H groups in total. The van der Waals surface area contributed by atoms with Crippen molar-refractivity contribution in [3.05, 3.63) is 35.5 Å². The van der Waals surface area contributed by atoms with E-state index >= 15 is 0 Å². The number of benzene rings is 1. The van der Waals surface area contributed by atoms with Gasteiger partial charge in [0.15, 0.2) is 5.96 Å². The van der Waals surface area contributed by atoms with Crippen molar-refractivity contribution in [2.75, 3.05) is 19.6 Å². The highest BCUT2D eigenvalue weighted by Crippen LogP contribution is 2.28. The molecule has 0 radical (unpaired) electrons. The van der Waals surface area contributed by atoms with Crippen molar-refractivity contribution in [2.45, 2.75) is 39.5 Å². The molecular weight excluding hydrogens is 284 g/mol. The van der Waals surface area contributed by atoms with Crippen molar-refractivity contribution >= 4 is 16.9 Å². The molecule has 0 amide bonds. The van der Waals surface area contributed by atoms with Crippen LogP contribution >= 0.6 is 0 Å². The molecule has 0 saturated heterocycles. The summed E-state index contributed by atoms with van der Waals surface area (Å²) in [6.45, 7) is 7.08. The Kier molecular flexibility index (Phi) is 5.21. The number of hydrogen-bond acceptors (Lipinski definition) is 1. The lowest BCUT2D eigenvalue weighted by Gasteiger charge is -2.11. The van der Waals surface area contributed by atoms with Crippen LogP contribution in [0.15, 0.2) is 29.4 Å². The number of nitrogens with one attached hydrogen (secondary N) is 3. The summed E-state index contributed by atoms with van der Waals surface area (Å²) < 4.78 is 0. The topological polar surface area (TPSA) is 52.2 Å². The molecule has 1 aliphatic rings. The number of aromatic nitrogens is 1. The Balaban J connectivity index is 1.60. The minimum absolute atomic E-state index is 0.825. The summed E-state index contributed by atoms with van der Waals surface area (Å²) in [6, 6.07) is 6.58. The molecule has 0 spiro atoms. The summed E-state index contributed by atoms with van der Waals surface area (Å²) >= 11 is 0. The van der Waals surface area contributed by atoms with Crippen LogP contribution in [-0.2, 0) is 12.8 Å². The molecule has 0 unspecified atom stereocenters. The molecule has 1 fully saturated rings. The Morgan fingerprint density at radius 2 is 2.09 bits per heavy atom. The van der Waals surface area contributed by atoms with E-state index in [0.717, 1.165) is 44.4 Å². The monoisotopic (exact) mass is 312 g/mol. The van der Waals surface area contributed by atoms with Crippen molar-refractivity contribution in [1.29, 1.82) is 0 Å². The standard InChI is InChI=1S/C19H28N4/c1-3-15-6-5-7-17-16(13-22-18(15)17)10-11-21-19(20-4-2)23-12-14-8-9-14/h5-7,13-14,22H,3-4,8-12H2,1-2H3,(H2,20,21,23). The fraction of sp³-hybridized carbons (Fsp3) is 0.526. The number of para-hydroxylation sites is 1. The third kappa shape index (κ3) is 4.06. The zero-order valence-electron chi connectivity index (χ0n) is 14.3. The van der Waals surface area contributed by atoms with Gasteiger partial charge in [-0.3, -0.25) is 4.99 Å². The normalized spacial score (nSPS) is 15.1. The lowest BCUT2D eigenvalue weighted by molar-refractivity contribution is 0.778. The number of fused-ring (bicyclic) bond motifs is 1. The first-order valence-electron chi connectivity index (χ1n) is 8.91. The number of aliphatic imine (C=N–C) groups is 1. The van der Waals surface area contributed by atoms with Crippen LogP contribution in [0, 0.1) is 5.92 Å². The Bertz CT molecular complexity index is 667. The van der Waals surface area contributed by atoms with E-state index in [9.17, 15) is 0 Å². The third-order valence-corrected chi connectivity index (χ3v) is 4.50. The van der Waals surface area contributed by atoms with Crippen LogP contribution in [0.2, 0.25) is 0 Å². The molecule has 1 aromatic heterocycles. The Hall–Kier alpha value is -1.97. The van der Waals surface area contributed by atoms with E-state index in [4.69, 9.17) is 0 Å². The Morgan fingerprint density at radius 3 is 2.83 bits per heavy atom. The van der Waals surface area contributed by atoms with E-state index in [2.05, 4.69) is 58.9 Å². The van der Waals surface area contributed by atoms with E-state index in [1.54, 1.807) is 0 Å². The number of nitrogens with zero attached hydrogens (tertiary/aromatic N) is 1.